The minimum atomic E-state index is -0.247. The predicted octanol–water partition coefficient (Wildman–Crippen LogP) is 1.01. The van der Waals surface area contributed by atoms with Crippen LogP contribution in [0.15, 0.2) is 24.7 Å². The van der Waals surface area contributed by atoms with Crippen LogP contribution in [0.1, 0.15) is 23.3 Å². The molecule has 0 spiro atoms. The Morgan fingerprint density at radius 3 is 2.50 bits per heavy atom. The van der Waals surface area contributed by atoms with E-state index in [2.05, 4.69) is 20.2 Å². The van der Waals surface area contributed by atoms with Crippen molar-refractivity contribution in [3.63, 3.8) is 0 Å². The lowest BCUT2D eigenvalue weighted by molar-refractivity contribution is -0.127. The second-order valence-corrected chi connectivity index (χ2v) is 8.05. The summed E-state index contributed by atoms with van der Waals surface area (Å²) in [6, 6.07) is 1.85. The number of hydrogen-bond donors (Lipinski definition) is 1. The van der Waals surface area contributed by atoms with Crippen LogP contribution in [0, 0.1) is 5.92 Å². The van der Waals surface area contributed by atoms with Crippen molar-refractivity contribution in [2.75, 3.05) is 51.8 Å². The minimum Gasteiger partial charge on any atom is -0.378 e. The summed E-state index contributed by atoms with van der Waals surface area (Å²) in [4.78, 5) is 37.2. The number of ether oxygens (including phenoxy) is 1. The molecule has 2 aromatic heterocycles. The fourth-order valence-electron chi connectivity index (χ4n) is 3.39. The standard InChI is InChI=1S/C21H28N6O3/c1-25(2)19(28)12-22-20(29)18-9-16(14-27(18)13-15-3-4-15)17-10-23-21(24-11-17)26-5-7-30-8-6-26/h9-11,14-15H,3-8,12-13H2,1-2H3,(H,22,29). The van der Waals surface area contributed by atoms with Crippen LogP contribution >= 0.6 is 0 Å². The van der Waals surface area contributed by atoms with Gasteiger partial charge in [-0.3, -0.25) is 9.59 Å². The molecular weight excluding hydrogens is 384 g/mol. The van der Waals surface area contributed by atoms with Gasteiger partial charge in [0.1, 0.15) is 5.69 Å². The van der Waals surface area contributed by atoms with Gasteiger partial charge in [0, 0.05) is 63.4 Å². The van der Waals surface area contributed by atoms with E-state index in [1.54, 1.807) is 26.5 Å². The highest BCUT2D eigenvalue weighted by molar-refractivity contribution is 5.96. The first-order valence-corrected chi connectivity index (χ1v) is 10.3. The van der Waals surface area contributed by atoms with Crippen LogP contribution in [0.5, 0.6) is 0 Å². The highest BCUT2D eigenvalue weighted by Gasteiger charge is 2.25. The number of hydrogen-bond acceptors (Lipinski definition) is 6. The molecule has 9 heteroatoms. The Hall–Kier alpha value is -2.94. The van der Waals surface area contributed by atoms with Crippen LogP contribution in [-0.2, 0) is 16.1 Å². The molecule has 160 valence electrons. The molecule has 1 N–H and O–H groups in total. The third-order valence-electron chi connectivity index (χ3n) is 5.45. The second kappa shape index (κ2) is 8.83. The molecule has 0 aromatic carbocycles. The number of carbonyl (C=O) groups is 2. The molecule has 2 amide bonds. The Morgan fingerprint density at radius 1 is 1.17 bits per heavy atom. The van der Waals surface area contributed by atoms with E-state index in [1.165, 1.54) is 17.7 Å². The number of likely N-dealkylation sites (N-methyl/N-ethyl adjacent to an activating group) is 1. The smallest absolute Gasteiger partial charge is 0.268 e. The second-order valence-electron chi connectivity index (χ2n) is 8.05. The Kier molecular flexibility index (Phi) is 5.98. The number of rotatable bonds is 7. The third kappa shape index (κ3) is 4.79. The molecule has 4 rings (SSSR count). The summed E-state index contributed by atoms with van der Waals surface area (Å²) in [6.45, 7) is 3.72. The lowest BCUT2D eigenvalue weighted by Gasteiger charge is -2.26. The van der Waals surface area contributed by atoms with E-state index in [9.17, 15) is 9.59 Å². The van der Waals surface area contributed by atoms with Gasteiger partial charge in [-0.1, -0.05) is 0 Å². The number of morpholine rings is 1. The van der Waals surface area contributed by atoms with E-state index >= 15 is 0 Å². The number of amides is 2. The summed E-state index contributed by atoms with van der Waals surface area (Å²) in [5.74, 6) is 0.915. The lowest BCUT2D eigenvalue weighted by Crippen LogP contribution is -2.37. The first kappa shape index (κ1) is 20.3. The molecule has 0 bridgehead atoms. The van der Waals surface area contributed by atoms with E-state index in [1.807, 2.05) is 16.8 Å². The van der Waals surface area contributed by atoms with Crippen LogP contribution in [0.2, 0.25) is 0 Å². The molecule has 9 nitrogen and oxygen atoms in total. The van der Waals surface area contributed by atoms with Crippen LogP contribution < -0.4 is 10.2 Å². The molecule has 2 fully saturated rings. The Morgan fingerprint density at radius 2 is 1.87 bits per heavy atom. The predicted molar refractivity (Wildman–Crippen MR) is 112 cm³/mol. The first-order chi connectivity index (χ1) is 14.5. The highest BCUT2D eigenvalue weighted by Crippen LogP contribution is 2.32. The van der Waals surface area contributed by atoms with Crippen molar-refractivity contribution in [2.24, 2.45) is 5.92 Å². The quantitative estimate of drug-likeness (QED) is 0.730. The normalized spacial score (nSPS) is 16.4. The van der Waals surface area contributed by atoms with E-state index in [4.69, 9.17) is 4.74 Å². The third-order valence-corrected chi connectivity index (χ3v) is 5.45. The number of anilines is 1. The van der Waals surface area contributed by atoms with Crippen molar-refractivity contribution >= 4 is 17.8 Å². The first-order valence-electron chi connectivity index (χ1n) is 10.3. The van der Waals surface area contributed by atoms with E-state index in [0.29, 0.717) is 30.8 Å². The molecule has 2 aliphatic rings. The number of nitrogens with one attached hydrogen (secondary N) is 1. The Balaban J connectivity index is 1.51. The summed E-state index contributed by atoms with van der Waals surface area (Å²) < 4.78 is 7.36. The van der Waals surface area contributed by atoms with Crippen LogP contribution in [0.4, 0.5) is 5.95 Å². The summed E-state index contributed by atoms with van der Waals surface area (Å²) in [5, 5.41) is 2.73. The van der Waals surface area contributed by atoms with Crippen LogP contribution in [0.3, 0.4) is 0 Å². The zero-order valence-electron chi connectivity index (χ0n) is 17.5. The van der Waals surface area contributed by atoms with Gasteiger partial charge in [0.05, 0.1) is 19.8 Å². The molecule has 2 aromatic rings. The van der Waals surface area contributed by atoms with Crippen LogP contribution in [0.25, 0.3) is 11.1 Å². The van der Waals surface area contributed by atoms with Gasteiger partial charge in [0.15, 0.2) is 0 Å². The molecule has 0 atom stereocenters. The zero-order valence-corrected chi connectivity index (χ0v) is 17.5. The average molecular weight is 412 g/mol. The summed E-state index contributed by atoms with van der Waals surface area (Å²) in [5.41, 5.74) is 2.31. The van der Waals surface area contributed by atoms with Gasteiger partial charge in [0.25, 0.3) is 5.91 Å². The highest BCUT2D eigenvalue weighted by atomic mass is 16.5. The van der Waals surface area contributed by atoms with E-state index in [0.717, 1.165) is 30.8 Å². The molecule has 0 radical (unpaired) electrons. The molecule has 1 saturated carbocycles. The topological polar surface area (TPSA) is 92.6 Å². The lowest BCUT2D eigenvalue weighted by atomic mass is 10.2. The van der Waals surface area contributed by atoms with Gasteiger partial charge in [-0.2, -0.15) is 0 Å². The maximum atomic E-state index is 12.7. The number of aromatic nitrogens is 3. The summed E-state index contributed by atoms with van der Waals surface area (Å²) in [6.07, 6.45) is 7.95. The zero-order chi connectivity index (χ0) is 21.1. The van der Waals surface area contributed by atoms with Crippen LogP contribution in [-0.4, -0.2) is 78.2 Å². The molecule has 30 heavy (non-hydrogen) atoms. The molecule has 3 heterocycles. The molecule has 1 saturated heterocycles. The summed E-state index contributed by atoms with van der Waals surface area (Å²) in [7, 11) is 3.34. The number of nitrogens with zero attached hydrogens (tertiary/aromatic N) is 5. The Labute approximate surface area is 176 Å². The minimum absolute atomic E-state index is 0.0207. The van der Waals surface area contributed by atoms with Gasteiger partial charge < -0.3 is 24.4 Å². The number of carbonyl (C=O) groups excluding carboxylic acids is 2. The fourth-order valence-corrected chi connectivity index (χ4v) is 3.39. The van der Waals surface area contributed by atoms with E-state index < -0.39 is 0 Å². The maximum Gasteiger partial charge on any atom is 0.268 e. The van der Waals surface area contributed by atoms with E-state index in [-0.39, 0.29) is 18.4 Å². The largest absolute Gasteiger partial charge is 0.378 e. The van der Waals surface area contributed by atoms with Gasteiger partial charge in [-0.25, -0.2) is 9.97 Å². The van der Waals surface area contributed by atoms with Gasteiger partial charge in [-0.05, 0) is 24.8 Å². The average Bonchev–Trinajstić information content (AvgIpc) is 3.49. The molecule has 0 unspecified atom stereocenters. The SMILES string of the molecule is CN(C)C(=O)CNC(=O)c1cc(-c2cnc(N3CCOCC3)nc2)cn1CC1CC1. The fraction of sp³-hybridized carbons (Fsp3) is 0.524. The van der Waals surface area contributed by atoms with Gasteiger partial charge in [0.2, 0.25) is 11.9 Å². The molecule has 1 aliphatic heterocycles. The van der Waals surface area contributed by atoms with Gasteiger partial charge in [-0.15, -0.1) is 0 Å². The van der Waals surface area contributed by atoms with Crippen molar-refractivity contribution < 1.29 is 14.3 Å². The summed E-state index contributed by atoms with van der Waals surface area (Å²) >= 11 is 0. The monoisotopic (exact) mass is 412 g/mol. The van der Waals surface area contributed by atoms with Gasteiger partial charge >= 0.3 is 0 Å². The van der Waals surface area contributed by atoms with Crippen molar-refractivity contribution in [2.45, 2.75) is 19.4 Å². The molecule has 1 aliphatic carbocycles. The van der Waals surface area contributed by atoms with Crippen molar-refractivity contribution in [1.29, 1.82) is 0 Å². The Bertz CT molecular complexity index is 898. The van der Waals surface area contributed by atoms with Crippen molar-refractivity contribution in [1.82, 2.24) is 24.8 Å². The van der Waals surface area contributed by atoms with Crippen molar-refractivity contribution in [3.8, 4) is 11.1 Å². The molecular formula is C21H28N6O3. The van der Waals surface area contributed by atoms with Crippen molar-refractivity contribution in [3.05, 3.63) is 30.4 Å². The maximum absolute atomic E-state index is 12.7.